The number of nitrogens with one attached hydrogen (secondary N) is 1. The van der Waals surface area contributed by atoms with Crippen molar-refractivity contribution in [2.45, 2.75) is 19.4 Å². The predicted octanol–water partition coefficient (Wildman–Crippen LogP) is 4.15. The summed E-state index contributed by atoms with van der Waals surface area (Å²) in [6, 6.07) is 12.2. The number of amides is 1. The number of carbonyl (C=O) groups excluding carboxylic acids is 1. The molecule has 1 atom stereocenters. The molecule has 0 radical (unpaired) electrons. The summed E-state index contributed by atoms with van der Waals surface area (Å²) in [5.41, 5.74) is 0.596. The van der Waals surface area contributed by atoms with Gasteiger partial charge in [-0.25, -0.2) is 0 Å². The molecule has 0 saturated carbocycles. The van der Waals surface area contributed by atoms with Gasteiger partial charge in [0.15, 0.2) is 17.6 Å². The first-order valence-electron chi connectivity index (χ1n) is 7.53. The fourth-order valence-electron chi connectivity index (χ4n) is 2.15. The Hall–Kier alpha value is -2.40. The summed E-state index contributed by atoms with van der Waals surface area (Å²) in [5.74, 6) is 1.35. The Labute approximate surface area is 146 Å². The summed E-state index contributed by atoms with van der Waals surface area (Å²) in [6.45, 7) is 1.87. The lowest BCUT2D eigenvalue weighted by Crippen LogP contribution is -2.32. The number of halogens is 1. The average Bonchev–Trinajstić information content (AvgIpc) is 2.60. The summed E-state index contributed by atoms with van der Waals surface area (Å²) in [5, 5.41) is 3.28. The minimum atomic E-state index is -0.655. The van der Waals surface area contributed by atoms with Crippen LogP contribution in [0.3, 0.4) is 0 Å². The van der Waals surface area contributed by atoms with Crippen molar-refractivity contribution in [3.8, 4) is 17.2 Å². The molecule has 2 rings (SSSR count). The normalized spacial score (nSPS) is 11.5. The Balaban J connectivity index is 2.11. The van der Waals surface area contributed by atoms with E-state index in [0.717, 1.165) is 0 Å². The van der Waals surface area contributed by atoms with E-state index in [2.05, 4.69) is 5.32 Å². The van der Waals surface area contributed by atoms with E-state index in [1.54, 1.807) is 56.7 Å². The van der Waals surface area contributed by atoms with Crippen LogP contribution in [0.1, 0.15) is 13.3 Å². The zero-order chi connectivity index (χ0) is 17.5. The van der Waals surface area contributed by atoms with Gasteiger partial charge < -0.3 is 19.5 Å². The minimum Gasteiger partial charge on any atom is -0.493 e. The molecule has 0 aromatic heterocycles. The molecule has 0 bridgehead atoms. The topological polar surface area (TPSA) is 56.8 Å². The smallest absolute Gasteiger partial charge is 0.265 e. The quantitative estimate of drug-likeness (QED) is 0.815. The second-order valence-corrected chi connectivity index (χ2v) is 5.41. The number of hydrogen-bond donors (Lipinski definition) is 1. The van der Waals surface area contributed by atoms with E-state index >= 15 is 0 Å². The molecule has 0 aliphatic rings. The fraction of sp³-hybridized carbons (Fsp3) is 0.278. The highest BCUT2D eigenvalue weighted by atomic mass is 35.5. The molecular weight excluding hydrogens is 330 g/mol. The van der Waals surface area contributed by atoms with Crippen molar-refractivity contribution < 1.29 is 19.0 Å². The molecule has 0 spiro atoms. The molecular formula is C18H20ClNO4. The van der Waals surface area contributed by atoms with Gasteiger partial charge in [0.1, 0.15) is 5.75 Å². The molecule has 5 nitrogen and oxygen atoms in total. The van der Waals surface area contributed by atoms with E-state index in [1.165, 1.54) is 0 Å². The number of methoxy groups -OCH3 is 2. The molecule has 24 heavy (non-hydrogen) atoms. The van der Waals surface area contributed by atoms with Gasteiger partial charge in [-0.05, 0) is 30.7 Å². The third-order valence-corrected chi connectivity index (χ3v) is 3.73. The van der Waals surface area contributed by atoms with Gasteiger partial charge in [0, 0.05) is 11.8 Å². The Kier molecular flexibility index (Phi) is 6.32. The molecule has 0 unspecified atom stereocenters. The van der Waals surface area contributed by atoms with Gasteiger partial charge in [0.2, 0.25) is 0 Å². The lowest BCUT2D eigenvalue weighted by Gasteiger charge is -2.18. The maximum atomic E-state index is 12.5. The van der Waals surface area contributed by atoms with Crippen LogP contribution >= 0.6 is 11.6 Å². The Bertz CT molecular complexity index is 705. The van der Waals surface area contributed by atoms with Gasteiger partial charge in [0.25, 0.3) is 5.91 Å². The monoisotopic (exact) mass is 349 g/mol. The van der Waals surface area contributed by atoms with Crippen LogP contribution in [0.4, 0.5) is 5.69 Å². The van der Waals surface area contributed by atoms with Crippen molar-refractivity contribution in [3.05, 3.63) is 47.5 Å². The van der Waals surface area contributed by atoms with Crippen molar-refractivity contribution in [3.63, 3.8) is 0 Å². The molecule has 0 aliphatic carbocycles. The number of benzene rings is 2. The van der Waals surface area contributed by atoms with Gasteiger partial charge in [-0.1, -0.05) is 30.7 Å². The number of ether oxygens (including phenoxy) is 3. The van der Waals surface area contributed by atoms with E-state index in [4.69, 9.17) is 25.8 Å². The largest absolute Gasteiger partial charge is 0.493 e. The Morgan fingerprint density at radius 3 is 2.42 bits per heavy atom. The van der Waals surface area contributed by atoms with E-state index in [0.29, 0.717) is 34.4 Å². The molecule has 1 amide bonds. The third-order valence-electron chi connectivity index (χ3n) is 3.42. The van der Waals surface area contributed by atoms with Crippen molar-refractivity contribution in [2.24, 2.45) is 0 Å². The first-order valence-corrected chi connectivity index (χ1v) is 7.91. The molecule has 6 heteroatoms. The number of hydrogen-bond acceptors (Lipinski definition) is 4. The SMILES string of the molecule is CC[C@@H](Oc1ccccc1Cl)C(=O)Nc1ccc(OC)c(OC)c1. The number of carbonyl (C=O) groups is 1. The van der Waals surface area contributed by atoms with Gasteiger partial charge >= 0.3 is 0 Å². The maximum Gasteiger partial charge on any atom is 0.265 e. The highest BCUT2D eigenvalue weighted by Crippen LogP contribution is 2.30. The minimum absolute atomic E-state index is 0.260. The Morgan fingerprint density at radius 2 is 1.79 bits per heavy atom. The maximum absolute atomic E-state index is 12.5. The fourth-order valence-corrected chi connectivity index (χ4v) is 2.33. The molecule has 0 aliphatic heterocycles. The highest BCUT2D eigenvalue weighted by Gasteiger charge is 2.20. The van der Waals surface area contributed by atoms with E-state index in [1.807, 2.05) is 6.92 Å². The number of anilines is 1. The van der Waals surface area contributed by atoms with Crippen LogP contribution in [0.25, 0.3) is 0 Å². The van der Waals surface area contributed by atoms with Crippen molar-refractivity contribution in [1.82, 2.24) is 0 Å². The average molecular weight is 350 g/mol. The molecule has 128 valence electrons. The van der Waals surface area contributed by atoms with Crippen LogP contribution in [0.15, 0.2) is 42.5 Å². The van der Waals surface area contributed by atoms with Gasteiger partial charge in [-0.2, -0.15) is 0 Å². The van der Waals surface area contributed by atoms with Crippen LogP contribution < -0.4 is 19.5 Å². The molecule has 0 fully saturated rings. The summed E-state index contributed by atoms with van der Waals surface area (Å²) in [6.07, 6.45) is -0.150. The van der Waals surface area contributed by atoms with Gasteiger partial charge in [-0.3, -0.25) is 4.79 Å². The van der Waals surface area contributed by atoms with Crippen LogP contribution in [0, 0.1) is 0 Å². The first-order chi connectivity index (χ1) is 11.6. The van der Waals surface area contributed by atoms with Crippen molar-refractivity contribution in [1.29, 1.82) is 0 Å². The zero-order valence-corrected chi connectivity index (χ0v) is 14.6. The zero-order valence-electron chi connectivity index (χ0n) is 13.8. The summed E-state index contributed by atoms with van der Waals surface area (Å²) >= 11 is 6.08. The number of rotatable bonds is 7. The van der Waals surface area contributed by atoms with Crippen LogP contribution in [0.5, 0.6) is 17.2 Å². The number of para-hydroxylation sites is 1. The molecule has 2 aromatic rings. The standard InChI is InChI=1S/C18H20ClNO4/c1-4-14(24-15-8-6-5-7-13(15)19)18(21)20-12-9-10-16(22-2)17(11-12)23-3/h5-11,14H,4H2,1-3H3,(H,20,21)/t14-/m1/s1. The van der Waals surface area contributed by atoms with Gasteiger partial charge in [-0.15, -0.1) is 0 Å². The summed E-state index contributed by atoms with van der Waals surface area (Å²) in [7, 11) is 3.10. The first kappa shape index (κ1) is 17.9. The van der Waals surface area contributed by atoms with Crippen molar-refractivity contribution >= 4 is 23.2 Å². The van der Waals surface area contributed by atoms with Crippen molar-refractivity contribution in [2.75, 3.05) is 19.5 Å². The molecule has 2 aromatic carbocycles. The predicted molar refractivity (Wildman–Crippen MR) is 94.3 cm³/mol. The van der Waals surface area contributed by atoms with Gasteiger partial charge in [0.05, 0.1) is 19.2 Å². The van der Waals surface area contributed by atoms with E-state index in [-0.39, 0.29) is 5.91 Å². The van der Waals surface area contributed by atoms with E-state index in [9.17, 15) is 4.79 Å². The highest BCUT2D eigenvalue weighted by molar-refractivity contribution is 6.32. The Morgan fingerprint density at radius 1 is 1.08 bits per heavy atom. The summed E-state index contributed by atoms with van der Waals surface area (Å²) < 4.78 is 16.1. The van der Waals surface area contributed by atoms with E-state index < -0.39 is 6.10 Å². The lowest BCUT2D eigenvalue weighted by atomic mass is 10.2. The van der Waals surface area contributed by atoms with Crippen LogP contribution in [0.2, 0.25) is 5.02 Å². The second-order valence-electron chi connectivity index (χ2n) is 5.00. The molecule has 0 saturated heterocycles. The summed E-state index contributed by atoms with van der Waals surface area (Å²) in [4.78, 5) is 12.5. The van der Waals surface area contributed by atoms with Crippen LogP contribution in [-0.2, 0) is 4.79 Å². The van der Waals surface area contributed by atoms with Crippen LogP contribution in [-0.4, -0.2) is 26.2 Å². The second kappa shape index (κ2) is 8.45. The third kappa shape index (κ3) is 4.32. The lowest BCUT2D eigenvalue weighted by molar-refractivity contribution is -0.122. The molecule has 0 heterocycles. The molecule has 1 N–H and O–H groups in total.